The van der Waals surface area contributed by atoms with Gasteiger partial charge in [0.15, 0.2) is 0 Å². The van der Waals surface area contributed by atoms with Crippen molar-refractivity contribution >= 4 is 27.3 Å². The third kappa shape index (κ3) is 4.33. The van der Waals surface area contributed by atoms with E-state index in [0.717, 1.165) is 6.07 Å². The summed E-state index contributed by atoms with van der Waals surface area (Å²) in [5, 5.41) is 15.9. The molecule has 4 rings (SSSR count). The number of carbonyl (C=O) groups is 1. The van der Waals surface area contributed by atoms with Crippen LogP contribution in [0.1, 0.15) is 34.6 Å². The lowest BCUT2D eigenvalue weighted by molar-refractivity contribution is -0.0411. The number of benzene rings is 2. The van der Waals surface area contributed by atoms with E-state index in [0.29, 0.717) is 10.4 Å². The second kappa shape index (κ2) is 8.74. The van der Waals surface area contributed by atoms with Gasteiger partial charge in [-0.2, -0.15) is 4.31 Å². The summed E-state index contributed by atoms with van der Waals surface area (Å²) in [6, 6.07) is 15.1. The average Bonchev–Trinajstić information content (AvgIpc) is 3.30. The Balaban J connectivity index is 1.77. The zero-order chi connectivity index (χ0) is 22.9. The Hall–Kier alpha value is -2.59. The summed E-state index contributed by atoms with van der Waals surface area (Å²) < 4.78 is 42.1. The van der Waals surface area contributed by atoms with Gasteiger partial charge in [0.1, 0.15) is 5.82 Å². The smallest absolute Gasteiger partial charge is 0.251 e. The normalized spacial score (nSPS) is 24.2. The van der Waals surface area contributed by atoms with Crippen molar-refractivity contribution in [2.45, 2.75) is 35.9 Å². The van der Waals surface area contributed by atoms with Gasteiger partial charge in [-0.05, 0) is 55.1 Å². The number of halogens is 1. The highest BCUT2D eigenvalue weighted by Crippen LogP contribution is 2.41. The molecule has 2 aromatic carbocycles. The molecule has 0 bridgehead atoms. The summed E-state index contributed by atoms with van der Waals surface area (Å²) in [6.45, 7) is 1.61. The molecule has 2 heterocycles. The predicted molar refractivity (Wildman–Crippen MR) is 120 cm³/mol. The fourth-order valence-electron chi connectivity index (χ4n) is 3.98. The van der Waals surface area contributed by atoms with Gasteiger partial charge in [0, 0.05) is 17.0 Å². The van der Waals surface area contributed by atoms with E-state index in [9.17, 15) is 22.7 Å². The first-order valence-electron chi connectivity index (χ1n) is 10.1. The lowest BCUT2D eigenvalue weighted by Gasteiger charge is -2.47. The molecule has 0 aliphatic carbocycles. The number of carbonyl (C=O) groups excluding carboxylic acids is 1. The third-order valence-corrected chi connectivity index (χ3v) is 8.51. The molecule has 1 aromatic heterocycles. The van der Waals surface area contributed by atoms with E-state index in [4.69, 9.17) is 0 Å². The Labute approximate surface area is 190 Å². The van der Waals surface area contributed by atoms with Crippen molar-refractivity contribution in [1.82, 2.24) is 9.62 Å². The Morgan fingerprint density at radius 1 is 1.16 bits per heavy atom. The van der Waals surface area contributed by atoms with E-state index < -0.39 is 39.4 Å². The molecule has 1 saturated heterocycles. The number of nitrogens with one attached hydrogen (secondary N) is 1. The molecule has 6 nitrogen and oxygen atoms in total. The Morgan fingerprint density at radius 3 is 2.56 bits per heavy atom. The minimum absolute atomic E-state index is 0.0200. The van der Waals surface area contributed by atoms with Gasteiger partial charge < -0.3 is 10.4 Å². The Kier molecular flexibility index (Phi) is 6.17. The lowest BCUT2D eigenvalue weighted by atomic mass is 9.83. The molecule has 3 aromatic rings. The number of piperidine rings is 1. The molecule has 9 heteroatoms. The molecule has 0 unspecified atom stereocenters. The summed E-state index contributed by atoms with van der Waals surface area (Å²) in [5.41, 5.74) is -0.967. The number of amides is 1. The van der Waals surface area contributed by atoms with Crippen LogP contribution in [0.3, 0.4) is 0 Å². The number of hydrogen-bond acceptors (Lipinski definition) is 5. The maximum Gasteiger partial charge on any atom is 0.251 e. The van der Waals surface area contributed by atoms with Crippen LogP contribution in [0.4, 0.5) is 4.39 Å². The second-order valence-corrected chi connectivity index (χ2v) is 10.8. The van der Waals surface area contributed by atoms with E-state index in [-0.39, 0.29) is 17.9 Å². The van der Waals surface area contributed by atoms with Gasteiger partial charge in [-0.1, -0.05) is 30.3 Å². The van der Waals surface area contributed by atoms with E-state index >= 15 is 0 Å². The molecular formula is C23H23FN2O4S2. The zero-order valence-electron chi connectivity index (χ0n) is 17.3. The maximum atomic E-state index is 13.8. The Morgan fingerprint density at radius 2 is 1.91 bits per heavy atom. The number of sulfonamides is 1. The van der Waals surface area contributed by atoms with Crippen LogP contribution < -0.4 is 5.32 Å². The van der Waals surface area contributed by atoms with Gasteiger partial charge in [-0.15, -0.1) is 11.3 Å². The number of aliphatic hydroxyl groups is 1. The number of nitrogens with zero attached hydrogens (tertiary/aromatic N) is 1. The van der Waals surface area contributed by atoms with E-state index in [1.165, 1.54) is 33.8 Å². The summed E-state index contributed by atoms with van der Waals surface area (Å²) in [4.78, 5) is 13.4. The van der Waals surface area contributed by atoms with E-state index in [2.05, 4.69) is 5.32 Å². The quantitative estimate of drug-likeness (QED) is 0.592. The first-order chi connectivity index (χ1) is 15.2. The molecule has 0 saturated carbocycles. The average molecular weight is 475 g/mol. The lowest BCUT2D eigenvalue weighted by Crippen LogP contribution is -2.63. The van der Waals surface area contributed by atoms with E-state index in [1.807, 2.05) is 5.38 Å². The SMILES string of the molecule is C[C@@]1(O)CCN(S(=O)(=O)c2cccc(F)c2)[C@@H](c2cccs2)[C@@H]1NC(=O)c1ccccc1. The largest absolute Gasteiger partial charge is 0.388 e. The highest BCUT2D eigenvalue weighted by molar-refractivity contribution is 7.89. The Bertz CT molecular complexity index is 1200. The van der Waals surface area contributed by atoms with Crippen molar-refractivity contribution in [1.29, 1.82) is 0 Å². The molecule has 2 N–H and O–H groups in total. The number of hydrogen-bond donors (Lipinski definition) is 2. The van der Waals surface area contributed by atoms with Gasteiger partial charge in [-0.25, -0.2) is 12.8 Å². The zero-order valence-corrected chi connectivity index (χ0v) is 18.9. The van der Waals surface area contributed by atoms with Crippen LogP contribution in [0, 0.1) is 5.82 Å². The summed E-state index contributed by atoms with van der Waals surface area (Å²) in [7, 11) is -4.11. The van der Waals surface area contributed by atoms with Crippen LogP contribution in [-0.4, -0.2) is 41.9 Å². The molecule has 1 amide bonds. The van der Waals surface area contributed by atoms with Crippen LogP contribution in [0.15, 0.2) is 77.0 Å². The van der Waals surface area contributed by atoms with Crippen LogP contribution >= 0.6 is 11.3 Å². The molecule has 1 aliphatic rings. The first kappa shape index (κ1) is 22.6. The van der Waals surface area contributed by atoms with Crippen molar-refractivity contribution in [3.63, 3.8) is 0 Å². The monoisotopic (exact) mass is 474 g/mol. The van der Waals surface area contributed by atoms with Crippen LogP contribution in [0.25, 0.3) is 0 Å². The second-order valence-electron chi connectivity index (χ2n) is 7.96. The van der Waals surface area contributed by atoms with Crippen molar-refractivity contribution in [2.75, 3.05) is 6.54 Å². The highest BCUT2D eigenvalue weighted by Gasteiger charge is 2.50. The number of rotatable bonds is 5. The highest BCUT2D eigenvalue weighted by atomic mass is 32.2. The molecule has 0 radical (unpaired) electrons. The molecule has 1 fully saturated rings. The van der Waals surface area contributed by atoms with Crippen LogP contribution in [0.5, 0.6) is 0 Å². The van der Waals surface area contributed by atoms with Crippen LogP contribution in [0.2, 0.25) is 0 Å². The molecule has 3 atom stereocenters. The molecule has 1 aliphatic heterocycles. The van der Waals surface area contributed by atoms with Gasteiger partial charge in [0.05, 0.1) is 22.6 Å². The van der Waals surface area contributed by atoms with Gasteiger partial charge in [-0.3, -0.25) is 4.79 Å². The molecule has 32 heavy (non-hydrogen) atoms. The van der Waals surface area contributed by atoms with Gasteiger partial charge >= 0.3 is 0 Å². The summed E-state index contributed by atoms with van der Waals surface area (Å²) in [5.74, 6) is -1.07. The molecule has 168 valence electrons. The minimum Gasteiger partial charge on any atom is -0.388 e. The number of thiophene rings is 1. The fraction of sp³-hybridized carbons (Fsp3) is 0.261. The van der Waals surface area contributed by atoms with Crippen molar-refractivity contribution in [2.24, 2.45) is 0 Å². The van der Waals surface area contributed by atoms with E-state index in [1.54, 1.807) is 49.4 Å². The standard InChI is InChI=1S/C23H23FN2O4S2/c1-23(28)12-13-26(32(29,30)18-10-5-9-17(24)15-18)20(19-11-6-14-31-19)21(23)25-22(27)16-7-3-2-4-8-16/h2-11,14-15,20-21,28H,12-13H2,1H3,(H,25,27)/t20-,21-,23+/m0/s1. The van der Waals surface area contributed by atoms with Crippen molar-refractivity contribution in [3.8, 4) is 0 Å². The summed E-state index contributed by atoms with van der Waals surface area (Å²) >= 11 is 1.33. The van der Waals surface area contributed by atoms with Crippen molar-refractivity contribution in [3.05, 3.63) is 88.4 Å². The van der Waals surface area contributed by atoms with Crippen molar-refractivity contribution < 1.29 is 22.7 Å². The maximum absolute atomic E-state index is 13.8. The van der Waals surface area contributed by atoms with Gasteiger partial charge in [0.2, 0.25) is 10.0 Å². The molecule has 0 spiro atoms. The minimum atomic E-state index is -4.11. The van der Waals surface area contributed by atoms with Gasteiger partial charge in [0.25, 0.3) is 5.91 Å². The fourth-order valence-corrected chi connectivity index (χ4v) is 6.57. The first-order valence-corrected chi connectivity index (χ1v) is 12.4. The summed E-state index contributed by atoms with van der Waals surface area (Å²) in [6.07, 6.45) is 0.100. The molecular weight excluding hydrogens is 451 g/mol. The predicted octanol–water partition coefficient (Wildman–Crippen LogP) is 3.57. The van der Waals surface area contributed by atoms with Crippen LogP contribution in [-0.2, 0) is 10.0 Å². The third-order valence-electron chi connectivity index (χ3n) is 5.69. The topological polar surface area (TPSA) is 86.7 Å².